The number of likely N-dealkylation sites (N-methyl/N-ethyl adjacent to an activating group) is 1. The second kappa shape index (κ2) is 7.18. The van der Waals surface area contributed by atoms with Crippen molar-refractivity contribution >= 4 is 17.6 Å². The molecular weight excluding hydrogens is 318 g/mol. The van der Waals surface area contributed by atoms with Gasteiger partial charge in [0.25, 0.3) is 0 Å². The number of nitrogens with zero attached hydrogens (tertiary/aromatic N) is 7. The average molecular weight is 341 g/mol. The molecule has 1 unspecified atom stereocenters. The van der Waals surface area contributed by atoms with Gasteiger partial charge in [0.05, 0.1) is 19.4 Å². The normalized spacial score (nSPS) is 20.8. The molecule has 4 heterocycles. The molecule has 8 nitrogen and oxygen atoms in total. The molecule has 2 aromatic heterocycles. The number of anilines is 3. The van der Waals surface area contributed by atoms with E-state index in [1.54, 1.807) is 12.4 Å². The summed E-state index contributed by atoms with van der Waals surface area (Å²) in [5.41, 5.74) is 0. The molecule has 8 heteroatoms. The van der Waals surface area contributed by atoms with Crippen molar-refractivity contribution in [3.63, 3.8) is 0 Å². The zero-order valence-electron chi connectivity index (χ0n) is 14.5. The topological polar surface area (TPSA) is 70.5 Å². The van der Waals surface area contributed by atoms with Crippen LogP contribution >= 0.6 is 0 Å². The highest BCUT2D eigenvalue weighted by Gasteiger charge is 2.28. The number of ether oxygens (including phenoxy) is 1. The second-order valence-electron chi connectivity index (χ2n) is 6.38. The van der Waals surface area contributed by atoms with Gasteiger partial charge in [0, 0.05) is 57.9 Å². The lowest BCUT2D eigenvalue weighted by atomic mass is 10.2. The van der Waals surface area contributed by atoms with Crippen LogP contribution in [-0.2, 0) is 4.74 Å². The van der Waals surface area contributed by atoms with Gasteiger partial charge in [-0.3, -0.25) is 4.98 Å². The van der Waals surface area contributed by atoms with E-state index in [4.69, 9.17) is 9.72 Å². The summed E-state index contributed by atoms with van der Waals surface area (Å²) in [5, 5.41) is 0. The first-order valence-electron chi connectivity index (χ1n) is 8.71. The molecule has 0 saturated carbocycles. The van der Waals surface area contributed by atoms with Crippen molar-refractivity contribution in [2.24, 2.45) is 0 Å². The van der Waals surface area contributed by atoms with E-state index >= 15 is 0 Å². The molecule has 0 spiro atoms. The Morgan fingerprint density at radius 1 is 1.08 bits per heavy atom. The molecule has 2 aliphatic heterocycles. The third-order valence-electron chi connectivity index (χ3n) is 4.87. The smallest absolute Gasteiger partial charge is 0.227 e. The van der Waals surface area contributed by atoms with Crippen LogP contribution in [-0.4, -0.2) is 72.4 Å². The zero-order valence-corrected chi connectivity index (χ0v) is 14.5. The van der Waals surface area contributed by atoms with Crippen LogP contribution in [0.4, 0.5) is 17.6 Å². The van der Waals surface area contributed by atoms with Crippen LogP contribution in [0.15, 0.2) is 30.9 Å². The first-order valence-corrected chi connectivity index (χ1v) is 8.71. The Kier molecular flexibility index (Phi) is 4.60. The minimum Gasteiger partial charge on any atom is -0.378 e. The molecule has 2 aromatic rings. The van der Waals surface area contributed by atoms with Crippen LogP contribution in [0.2, 0.25) is 0 Å². The van der Waals surface area contributed by atoms with Gasteiger partial charge in [-0.05, 0) is 12.5 Å². The van der Waals surface area contributed by atoms with Gasteiger partial charge in [-0.25, -0.2) is 9.97 Å². The summed E-state index contributed by atoms with van der Waals surface area (Å²) in [6.07, 6.45) is 8.19. The van der Waals surface area contributed by atoms with Crippen LogP contribution in [0.25, 0.3) is 0 Å². The van der Waals surface area contributed by atoms with Gasteiger partial charge in [0.15, 0.2) is 0 Å². The van der Waals surface area contributed by atoms with Crippen molar-refractivity contribution in [2.75, 3.05) is 61.1 Å². The van der Waals surface area contributed by atoms with E-state index < -0.39 is 0 Å². The first-order chi connectivity index (χ1) is 12.3. The number of rotatable bonds is 4. The molecule has 0 bridgehead atoms. The molecule has 25 heavy (non-hydrogen) atoms. The fraction of sp³-hybridized carbons (Fsp3) is 0.529. The number of morpholine rings is 1. The molecule has 2 saturated heterocycles. The Balaban J connectivity index is 1.45. The number of hydrogen-bond donors (Lipinski definition) is 0. The van der Waals surface area contributed by atoms with Gasteiger partial charge in [0.2, 0.25) is 5.95 Å². The first kappa shape index (κ1) is 16.0. The van der Waals surface area contributed by atoms with E-state index in [9.17, 15) is 0 Å². The van der Waals surface area contributed by atoms with E-state index in [-0.39, 0.29) is 0 Å². The van der Waals surface area contributed by atoms with E-state index in [1.807, 2.05) is 18.5 Å². The van der Waals surface area contributed by atoms with Crippen molar-refractivity contribution in [3.8, 4) is 0 Å². The SMILES string of the molecule is CN(c1ccnc(N2CCOCC2)n1)C1CCN(c2cnccn2)C1. The minimum absolute atomic E-state index is 0.398. The van der Waals surface area contributed by atoms with Crippen LogP contribution in [0.3, 0.4) is 0 Å². The lowest BCUT2D eigenvalue weighted by Gasteiger charge is -2.29. The van der Waals surface area contributed by atoms with Crippen molar-refractivity contribution in [1.29, 1.82) is 0 Å². The molecule has 0 N–H and O–H groups in total. The van der Waals surface area contributed by atoms with E-state index in [1.165, 1.54) is 0 Å². The van der Waals surface area contributed by atoms with Gasteiger partial charge in [-0.1, -0.05) is 0 Å². The van der Waals surface area contributed by atoms with E-state index in [2.05, 4.69) is 36.7 Å². The molecule has 1 atom stereocenters. The van der Waals surface area contributed by atoms with Crippen molar-refractivity contribution in [2.45, 2.75) is 12.5 Å². The maximum atomic E-state index is 5.41. The lowest BCUT2D eigenvalue weighted by molar-refractivity contribution is 0.122. The monoisotopic (exact) mass is 341 g/mol. The van der Waals surface area contributed by atoms with Gasteiger partial charge in [0.1, 0.15) is 11.6 Å². The zero-order chi connectivity index (χ0) is 17.1. The van der Waals surface area contributed by atoms with Gasteiger partial charge < -0.3 is 19.4 Å². The van der Waals surface area contributed by atoms with Crippen LogP contribution in [0.1, 0.15) is 6.42 Å². The van der Waals surface area contributed by atoms with Crippen LogP contribution < -0.4 is 14.7 Å². The minimum atomic E-state index is 0.398. The van der Waals surface area contributed by atoms with Crippen molar-refractivity contribution in [3.05, 3.63) is 30.9 Å². The third kappa shape index (κ3) is 3.48. The molecule has 0 radical (unpaired) electrons. The summed E-state index contributed by atoms with van der Waals surface area (Å²) < 4.78 is 5.41. The molecular formula is C17H23N7O. The average Bonchev–Trinajstić information content (AvgIpc) is 3.19. The molecule has 0 amide bonds. The Morgan fingerprint density at radius 3 is 2.76 bits per heavy atom. The van der Waals surface area contributed by atoms with E-state index in [0.717, 1.165) is 63.4 Å². The Labute approximate surface area is 147 Å². The van der Waals surface area contributed by atoms with E-state index in [0.29, 0.717) is 6.04 Å². The Morgan fingerprint density at radius 2 is 1.96 bits per heavy atom. The summed E-state index contributed by atoms with van der Waals surface area (Å²) >= 11 is 0. The molecule has 4 rings (SSSR count). The summed E-state index contributed by atoms with van der Waals surface area (Å²) in [5.74, 6) is 2.69. The standard InChI is InChI=1S/C17H23N7O/c1-22(14-3-7-24(13-14)16-12-18-5-6-19-16)15-2-4-20-17(21-15)23-8-10-25-11-9-23/h2,4-6,12,14H,3,7-11,13H2,1H3. The predicted octanol–water partition coefficient (Wildman–Crippen LogP) is 0.818. The predicted molar refractivity (Wildman–Crippen MR) is 96.1 cm³/mol. The maximum Gasteiger partial charge on any atom is 0.227 e. The van der Waals surface area contributed by atoms with Crippen molar-refractivity contribution in [1.82, 2.24) is 19.9 Å². The summed E-state index contributed by atoms with van der Waals surface area (Å²) in [6, 6.07) is 2.38. The highest BCUT2D eigenvalue weighted by atomic mass is 16.5. The largest absolute Gasteiger partial charge is 0.378 e. The number of hydrogen-bond acceptors (Lipinski definition) is 8. The fourth-order valence-electron chi connectivity index (χ4n) is 3.36. The van der Waals surface area contributed by atoms with Crippen molar-refractivity contribution < 1.29 is 4.74 Å². The lowest BCUT2D eigenvalue weighted by Crippen LogP contribution is -2.38. The Bertz CT molecular complexity index is 692. The van der Waals surface area contributed by atoms with Gasteiger partial charge >= 0.3 is 0 Å². The molecule has 2 fully saturated rings. The maximum absolute atomic E-state index is 5.41. The summed E-state index contributed by atoms with van der Waals surface area (Å²) in [6.45, 7) is 5.06. The molecule has 0 aliphatic carbocycles. The van der Waals surface area contributed by atoms with Gasteiger partial charge in [-0.15, -0.1) is 0 Å². The fourth-order valence-corrected chi connectivity index (χ4v) is 3.36. The number of aromatic nitrogens is 4. The second-order valence-corrected chi connectivity index (χ2v) is 6.38. The summed E-state index contributed by atoms with van der Waals surface area (Å²) in [4.78, 5) is 24.5. The quantitative estimate of drug-likeness (QED) is 0.809. The highest BCUT2D eigenvalue weighted by Crippen LogP contribution is 2.24. The Hall–Kier alpha value is -2.48. The molecule has 0 aromatic carbocycles. The van der Waals surface area contributed by atoms with Gasteiger partial charge in [-0.2, -0.15) is 4.98 Å². The molecule has 2 aliphatic rings. The highest BCUT2D eigenvalue weighted by molar-refractivity contribution is 5.46. The molecule has 132 valence electrons. The summed E-state index contributed by atoms with van der Waals surface area (Å²) in [7, 11) is 2.11. The van der Waals surface area contributed by atoms with Crippen LogP contribution in [0, 0.1) is 0 Å². The van der Waals surface area contributed by atoms with Crippen LogP contribution in [0.5, 0.6) is 0 Å². The third-order valence-corrected chi connectivity index (χ3v) is 4.87.